The first-order valence-electron chi connectivity index (χ1n) is 4.90. The minimum atomic E-state index is -1.92. The van der Waals surface area contributed by atoms with E-state index in [4.69, 9.17) is 27.9 Å². The fraction of sp³-hybridized carbons (Fsp3) is 0.700. The molecule has 1 radical (unpaired) electrons. The summed E-state index contributed by atoms with van der Waals surface area (Å²) in [7, 11) is 14.9. The van der Waals surface area contributed by atoms with Crippen LogP contribution in [0.4, 0.5) is 0 Å². The van der Waals surface area contributed by atoms with Gasteiger partial charge < -0.3 is 22.2 Å². The van der Waals surface area contributed by atoms with Crippen molar-refractivity contribution in [2.75, 3.05) is 0 Å². The molecule has 0 aromatic rings. The standard InChI is InChI=1S/C4H9.3C2H5.Al.3ClH.Li.Ti.2H/c1-3-4-2;3*1-2;;;;;;;;/h1,3-4H2,2H3;3*1H2,2H3;;3*1H;;;;/q;3*-1;;;;;+1;+3;;-1/p-3. The number of hydrogen-bond acceptors (Lipinski definition) is 0. The van der Waals surface area contributed by atoms with Crippen molar-refractivity contribution in [2.24, 2.45) is 0 Å². The minimum absolute atomic E-state index is 0. The van der Waals surface area contributed by atoms with Crippen molar-refractivity contribution in [3.63, 3.8) is 0 Å². The summed E-state index contributed by atoms with van der Waals surface area (Å²) >= 11 is 0.133. The molecule has 0 nitrogen and oxygen atoms in total. The van der Waals surface area contributed by atoms with E-state index in [-0.39, 0.29) is 20.3 Å². The molecule has 0 N–H and O–H groups in total. The molecule has 16 heavy (non-hydrogen) atoms. The van der Waals surface area contributed by atoms with E-state index in [2.05, 4.69) is 27.7 Å². The molecule has 0 aliphatic rings. The normalized spacial score (nSPS) is 5.38. The van der Waals surface area contributed by atoms with Gasteiger partial charge >= 0.3 is 61.5 Å². The van der Waals surface area contributed by atoms with E-state index in [9.17, 15) is 0 Å². The van der Waals surface area contributed by atoms with E-state index in [1.807, 2.05) is 16.3 Å². The van der Waals surface area contributed by atoms with E-state index in [0.717, 1.165) is 0 Å². The van der Waals surface area contributed by atoms with Gasteiger partial charge in [-0.25, -0.2) is 0 Å². The van der Waals surface area contributed by atoms with Gasteiger partial charge in [0.05, 0.1) is 0 Å². The number of unbranched alkanes of at least 4 members (excludes halogenated alkanes) is 1. The van der Waals surface area contributed by atoms with Gasteiger partial charge in [-0.3, -0.25) is 0 Å². The Hall–Kier alpha value is 2.71. The Labute approximate surface area is 144 Å². The van der Waals surface area contributed by atoms with Gasteiger partial charge in [-0.1, -0.05) is 19.8 Å². The van der Waals surface area contributed by atoms with E-state index >= 15 is 0 Å². The van der Waals surface area contributed by atoms with Crippen LogP contribution < -0.4 is 18.9 Å². The maximum Gasteiger partial charge on any atom is 1.00 e. The Morgan fingerprint density at radius 3 is 1.19 bits per heavy atom. The topological polar surface area (TPSA) is 0 Å². The number of halogens is 3. The first-order chi connectivity index (χ1) is 7.15. The van der Waals surface area contributed by atoms with Crippen molar-refractivity contribution < 1.29 is 35.0 Å². The summed E-state index contributed by atoms with van der Waals surface area (Å²) in [6, 6.07) is 0. The quantitative estimate of drug-likeness (QED) is 0.538. The van der Waals surface area contributed by atoms with Crippen LogP contribution in [0, 0.1) is 20.8 Å². The predicted octanol–water partition coefficient (Wildman–Crippen LogP) is 2.81. The first kappa shape index (κ1) is 36.3. The predicted molar refractivity (Wildman–Crippen MR) is 78.6 cm³/mol. The molecule has 0 saturated carbocycles. The Morgan fingerprint density at radius 1 is 1.00 bits per heavy atom. The fourth-order valence-electron chi connectivity index (χ4n) is 0.250. The molecule has 0 heterocycles. The fourth-order valence-corrected chi connectivity index (χ4v) is 0.750. The van der Waals surface area contributed by atoms with Crippen LogP contribution in [0.2, 0.25) is 5.28 Å². The van der Waals surface area contributed by atoms with Gasteiger partial charge in [-0.15, -0.1) is 5.28 Å². The third-order valence-electron chi connectivity index (χ3n) is 0.604. The first-order valence-corrected chi connectivity index (χ1v) is 12.3. The molecule has 0 rings (SSSR count). The van der Waals surface area contributed by atoms with Gasteiger partial charge in [0.2, 0.25) is 0 Å². The summed E-state index contributed by atoms with van der Waals surface area (Å²) in [5.74, 6) is 0. The Morgan fingerprint density at radius 2 is 1.19 bits per heavy atom. The molecule has 0 saturated heterocycles. The van der Waals surface area contributed by atoms with E-state index < -0.39 is 14.7 Å². The Bertz CT molecular complexity index is 55.8. The van der Waals surface area contributed by atoms with Crippen molar-refractivity contribution in [3.8, 4) is 0 Å². The zero-order chi connectivity index (χ0) is 13.7. The van der Waals surface area contributed by atoms with Gasteiger partial charge in [0.15, 0.2) is 16.3 Å². The summed E-state index contributed by atoms with van der Waals surface area (Å²) in [5.41, 5.74) is 0. The summed E-state index contributed by atoms with van der Waals surface area (Å²) in [5, 5.41) is 1.37. The maximum atomic E-state index is 4.97. The molecule has 0 amide bonds. The van der Waals surface area contributed by atoms with Crippen LogP contribution in [0.15, 0.2) is 0 Å². The maximum absolute atomic E-state index is 4.97. The zero-order valence-corrected chi connectivity index (χ0v) is 16.8. The monoisotopic (exact) mass is 333 g/mol. The molecule has 98 valence electrons. The molecule has 0 aromatic heterocycles. The third-order valence-corrected chi connectivity index (χ3v) is 1.10. The van der Waals surface area contributed by atoms with Gasteiger partial charge in [-0.2, -0.15) is 20.8 Å². The second kappa shape index (κ2) is 65.2. The Balaban J connectivity index is -0.0000000153. The molecule has 0 aliphatic heterocycles. The summed E-state index contributed by atoms with van der Waals surface area (Å²) < 4.78 is 0. The molecule has 0 spiro atoms. The minimum Gasteiger partial charge on any atom is -1.00 e. The number of rotatable bonds is 2. The second-order valence-corrected chi connectivity index (χ2v) is 9.87. The van der Waals surface area contributed by atoms with Crippen LogP contribution in [-0.4, -0.2) is 16.3 Å². The molecule has 0 fully saturated rings. The van der Waals surface area contributed by atoms with Crippen molar-refractivity contribution in [1.29, 1.82) is 0 Å². The summed E-state index contributed by atoms with van der Waals surface area (Å²) in [4.78, 5) is 0. The molecule has 6 heteroatoms. The van der Waals surface area contributed by atoms with Crippen LogP contribution in [0.1, 0.15) is 42.0 Å². The van der Waals surface area contributed by atoms with E-state index in [1.165, 1.54) is 18.1 Å². The van der Waals surface area contributed by atoms with Crippen molar-refractivity contribution in [1.82, 2.24) is 0 Å². The smallest absolute Gasteiger partial charge is 1.00 e. The average molecular weight is 334 g/mol. The molecule has 0 aliphatic carbocycles. The third kappa shape index (κ3) is 186. The van der Waals surface area contributed by atoms with Gasteiger partial charge in [-0.05, 0) is 0 Å². The van der Waals surface area contributed by atoms with Crippen LogP contribution >= 0.6 is 27.9 Å². The summed E-state index contributed by atoms with van der Waals surface area (Å²) in [6.07, 6.45) is 2.75. The van der Waals surface area contributed by atoms with Crippen molar-refractivity contribution >= 4 is 44.2 Å². The SMILES string of the molecule is CCC[CH2][AlH].[CH2-]C.[CH2-]C.[CH2-]C.[Cl][Ti]([Cl])[Cl].[H-].[Li+]. The van der Waals surface area contributed by atoms with E-state index in [1.54, 1.807) is 20.8 Å². The number of hydrogen-bond donors (Lipinski definition) is 0. The zero-order valence-electron chi connectivity index (χ0n) is 12.6. The molecule has 0 unspecified atom stereocenters. The molecular formula is C10H26AlCl3LiTi-3. The van der Waals surface area contributed by atoms with Crippen LogP contribution in [-0.2, 0) is 14.7 Å². The molecular weight excluding hydrogens is 308 g/mol. The van der Waals surface area contributed by atoms with Crippen LogP contribution in [0.5, 0.6) is 0 Å². The Kier molecular flexibility index (Phi) is 148. The summed E-state index contributed by atoms with van der Waals surface area (Å²) in [6.45, 7) is 17.2. The second-order valence-electron chi connectivity index (χ2n) is 1.42. The molecule has 0 bridgehead atoms. The van der Waals surface area contributed by atoms with Crippen molar-refractivity contribution in [3.05, 3.63) is 20.8 Å². The van der Waals surface area contributed by atoms with Gasteiger partial charge in [0.25, 0.3) is 0 Å². The van der Waals surface area contributed by atoms with E-state index in [0.29, 0.717) is 0 Å². The average Bonchev–Trinajstić information content (AvgIpc) is 2.27. The van der Waals surface area contributed by atoms with Crippen LogP contribution in [0.25, 0.3) is 0 Å². The molecule has 0 atom stereocenters. The van der Waals surface area contributed by atoms with Gasteiger partial charge in [0, 0.05) is 0 Å². The van der Waals surface area contributed by atoms with Crippen LogP contribution in [0.3, 0.4) is 0 Å². The largest absolute Gasteiger partial charge is 1.00 e. The molecule has 0 aromatic carbocycles. The van der Waals surface area contributed by atoms with Gasteiger partial charge in [0.1, 0.15) is 0 Å². The van der Waals surface area contributed by atoms with Crippen molar-refractivity contribution in [2.45, 2.75) is 45.8 Å².